The van der Waals surface area contributed by atoms with Crippen LogP contribution in [0, 0.1) is 5.82 Å². The van der Waals surface area contributed by atoms with Crippen molar-refractivity contribution < 1.29 is 13.5 Å². The lowest BCUT2D eigenvalue weighted by atomic mass is 9.90. The van der Waals surface area contributed by atoms with Gasteiger partial charge in [0.15, 0.2) is 11.4 Å². The first-order chi connectivity index (χ1) is 9.66. The second-order valence-corrected chi connectivity index (χ2v) is 5.49. The van der Waals surface area contributed by atoms with Crippen molar-refractivity contribution in [3.63, 3.8) is 0 Å². The number of halogens is 1. The Hall–Kier alpha value is -1.39. The topological polar surface area (TPSA) is 48.4 Å². The van der Waals surface area contributed by atoms with Crippen molar-refractivity contribution in [2.45, 2.75) is 44.2 Å². The van der Waals surface area contributed by atoms with Gasteiger partial charge in [-0.1, -0.05) is 25.0 Å². The van der Waals surface area contributed by atoms with Crippen molar-refractivity contribution >= 4 is 11.0 Å². The van der Waals surface area contributed by atoms with Crippen molar-refractivity contribution in [3.05, 3.63) is 35.8 Å². The molecule has 3 nitrogen and oxygen atoms in total. The maximum Gasteiger partial charge on any atom is 0.169 e. The number of hydrogen-bond donors (Lipinski definition) is 1. The van der Waals surface area contributed by atoms with Crippen LogP contribution in [0.5, 0.6) is 0 Å². The van der Waals surface area contributed by atoms with E-state index in [0.29, 0.717) is 12.4 Å². The molecular weight excluding hydrogens is 257 g/mol. The Balaban J connectivity index is 1.98. The maximum atomic E-state index is 13.7. The smallest absolute Gasteiger partial charge is 0.169 e. The van der Waals surface area contributed by atoms with Gasteiger partial charge in [-0.2, -0.15) is 0 Å². The number of furan rings is 1. The molecule has 0 bridgehead atoms. The minimum absolute atomic E-state index is 0.280. The Labute approximate surface area is 117 Å². The first-order valence-corrected chi connectivity index (χ1v) is 7.24. The molecule has 1 heterocycles. The second kappa shape index (κ2) is 5.19. The second-order valence-electron chi connectivity index (χ2n) is 5.49. The average Bonchev–Trinajstić information content (AvgIpc) is 3.06. The highest BCUT2D eigenvalue weighted by Gasteiger charge is 2.42. The summed E-state index contributed by atoms with van der Waals surface area (Å²) >= 11 is 0. The molecule has 1 aromatic heterocycles. The van der Waals surface area contributed by atoms with E-state index < -0.39 is 0 Å². The molecule has 2 N–H and O–H groups in total. The molecule has 3 rings (SSSR count). The minimum atomic E-state index is -0.362. The molecule has 20 heavy (non-hydrogen) atoms. The Morgan fingerprint density at radius 2 is 2.15 bits per heavy atom. The molecule has 2 aromatic rings. The fourth-order valence-corrected chi connectivity index (χ4v) is 3.27. The summed E-state index contributed by atoms with van der Waals surface area (Å²) in [6.45, 7) is 2.60. The van der Waals surface area contributed by atoms with Crippen molar-refractivity contribution in [2.24, 2.45) is 5.73 Å². The van der Waals surface area contributed by atoms with Crippen molar-refractivity contribution in [1.82, 2.24) is 0 Å². The van der Waals surface area contributed by atoms with Crippen LogP contribution in [0.15, 0.2) is 28.7 Å². The van der Waals surface area contributed by atoms with E-state index in [1.54, 1.807) is 6.07 Å². The largest absolute Gasteiger partial charge is 0.456 e. The van der Waals surface area contributed by atoms with Gasteiger partial charge in [-0.15, -0.1) is 0 Å². The van der Waals surface area contributed by atoms with Gasteiger partial charge in [-0.05, 0) is 31.9 Å². The highest BCUT2D eigenvalue weighted by molar-refractivity contribution is 5.78. The lowest BCUT2D eigenvalue weighted by molar-refractivity contribution is -0.0574. The Bertz CT molecular complexity index is 602. The summed E-state index contributed by atoms with van der Waals surface area (Å²) in [5.41, 5.74) is 6.31. The van der Waals surface area contributed by atoms with E-state index in [4.69, 9.17) is 14.9 Å². The predicted molar refractivity (Wildman–Crippen MR) is 75.9 cm³/mol. The zero-order chi connectivity index (χ0) is 14.2. The molecule has 4 heteroatoms. The molecule has 1 aromatic carbocycles. The molecule has 1 aliphatic carbocycles. The number of benzene rings is 1. The first kappa shape index (κ1) is 13.6. The van der Waals surface area contributed by atoms with Gasteiger partial charge < -0.3 is 14.9 Å². The molecule has 0 saturated heterocycles. The van der Waals surface area contributed by atoms with Crippen LogP contribution in [0.3, 0.4) is 0 Å². The van der Waals surface area contributed by atoms with Crippen molar-refractivity contribution in [1.29, 1.82) is 0 Å². The average molecular weight is 277 g/mol. The quantitative estimate of drug-likeness (QED) is 0.921. The molecule has 1 aliphatic rings. The zero-order valence-corrected chi connectivity index (χ0v) is 11.7. The van der Waals surface area contributed by atoms with Gasteiger partial charge in [0.05, 0.1) is 11.6 Å². The highest BCUT2D eigenvalue weighted by atomic mass is 19.1. The van der Waals surface area contributed by atoms with Gasteiger partial charge in [-0.25, -0.2) is 4.39 Å². The minimum Gasteiger partial charge on any atom is -0.456 e. The Morgan fingerprint density at radius 3 is 2.80 bits per heavy atom. The summed E-state index contributed by atoms with van der Waals surface area (Å²) in [6.07, 6.45) is 4.09. The molecule has 0 amide bonds. The molecule has 0 spiro atoms. The van der Waals surface area contributed by atoms with Crippen LogP contribution in [0.1, 0.15) is 44.4 Å². The van der Waals surface area contributed by atoms with Crippen LogP contribution < -0.4 is 5.73 Å². The van der Waals surface area contributed by atoms with Crippen LogP contribution in [0.25, 0.3) is 11.0 Å². The number of para-hydroxylation sites is 1. The molecular formula is C16H20FNO2. The number of fused-ring (bicyclic) bond motifs is 1. The number of rotatable bonds is 4. The highest BCUT2D eigenvalue weighted by Crippen LogP contribution is 2.42. The van der Waals surface area contributed by atoms with E-state index in [1.807, 2.05) is 19.1 Å². The van der Waals surface area contributed by atoms with Gasteiger partial charge in [0.1, 0.15) is 5.76 Å². The first-order valence-electron chi connectivity index (χ1n) is 7.24. The van der Waals surface area contributed by atoms with E-state index >= 15 is 0 Å². The van der Waals surface area contributed by atoms with Crippen LogP contribution in [0.4, 0.5) is 4.39 Å². The molecule has 1 fully saturated rings. The summed E-state index contributed by atoms with van der Waals surface area (Å²) in [7, 11) is 0. The Kier molecular flexibility index (Phi) is 3.52. The van der Waals surface area contributed by atoms with Gasteiger partial charge in [0, 0.05) is 12.0 Å². The Morgan fingerprint density at radius 1 is 1.40 bits per heavy atom. The number of ether oxygens (including phenoxy) is 1. The lowest BCUT2D eigenvalue weighted by Crippen LogP contribution is -2.41. The van der Waals surface area contributed by atoms with Crippen LogP contribution in [-0.2, 0) is 4.74 Å². The third-order valence-corrected chi connectivity index (χ3v) is 4.27. The van der Waals surface area contributed by atoms with Gasteiger partial charge in [-0.3, -0.25) is 0 Å². The summed E-state index contributed by atoms with van der Waals surface area (Å²) in [5.74, 6) is 0.262. The van der Waals surface area contributed by atoms with Crippen molar-refractivity contribution in [2.75, 3.05) is 6.61 Å². The predicted octanol–water partition coefficient (Wildman–Crippen LogP) is 3.92. The molecule has 1 saturated carbocycles. The third kappa shape index (κ3) is 2.13. The number of hydrogen-bond acceptors (Lipinski definition) is 3. The standard InChI is InChI=1S/C16H20FNO2/c1-2-19-16(8-3-4-9-16)15(18)13-10-11-6-5-7-12(17)14(11)20-13/h5-7,10,15H,2-4,8-9,18H2,1H3. The normalized spacial score (nSPS) is 19.6. The lowest BCUT2D eigenvalue weighted by Gasteiger charge is -2.33. The fraction of sp³-hybridized carbons (Fsp3) is 0.500. The fourth-order valence-electron chi connectivity index (χ4n) is 3.27. The summed E-state index contributed by atoms with van der Waals surface area (Å²) in [5, 5.41) is 0.750. The van der Waals surface area contributed by atoms with E-state index in [0.717, 1.165) is 31.1 Å². The molecule has 1 unspecified atom stereocenters. The van der Waals surface area contributed by atoms with E-state index in [-0.39, 0.29) is 23.0 Å². The molecule has 1 atom stereocenters. The zero-order valence-electron chi connectivity index (χ0n) is 11.7. The summed E-state index contributed by atoms with van der Waals surface area (Å²) in [4.78, 5) is 0. The van der Waals surface area contributed by atoms with Gasteiger partial charge in [0.2, 0.25) is 0 Å². The molecule has 0 radical (unpaired) electrons. The summed E-state index contributed by atoms with van der Waals surface area (Å²) < 4.78 is 25.3. The monoisotopic (exact) mass is 277 g/mol. The molecule has 0 aliphatic heterocycles. The van der Waals surface area contributed by atoms with Gasteiger partial charge >= 0.3 is 0 Å². The maximum absolute atomic E-state index is 13.7. The van der Waals surface area contributed by atoms with Gasteiger partial charge in [0.25, 0.3) is 0 Å². The van der Waals surface area contributed by atoms with E-state index in [9.17, 15) is 4.39 Å². The van der Waals surface area contributed by atoms with Crippen LogP contribution in [-0.4, -0.2) is 12.2 Å². The SMILES string of the molecule is CCOC1(C(N)c2cc3cccc(F)c3o2)CCCC1. The van der Waals surface area contributed by atoms with E-state index in [1.165, 1.54) is 6.07 Å². The van der Waals surface area contributed by atoms with Crippen LogP contribution >= 0.6 is 0 Å². The third-order valence-electron chi connectivity index (χ3n) is 4.27. The van der Waals surface area contributed by atoms with E-state index in [2.05, 4.69) is 0 Å². The molecule has 108 valence electrons. The van der Waals surface area contributed by atoms with Crippen molar-refractivity contribution in [3.8, 4) is 0 Å². The number of nitrogens with two attached hydrogens (primary N) is 1. The van der Waals surface area contributed by atoms with Crippen LogP contribution in [0.2, 0.25) is 0 Å². The summed E-state index contributed by atoms with van der Waals surface area (Å²) in [6, 6.07) is 6.39.